The lowest BCUT2D eigenvalue weighted by Gasteiger charge is -2.10. The monoisotopic (exact) mass is 378 g/mol. The van der Waals surface area contributed by atoms with Crippen LogP contribution in [0.1, 0.15) is 15.9 Å². The Morgan fingerprint density at radius 3 is 2.39 bits per heavy atom. The number of halogens is 1. The Morgan fingerprint density at radius 2 is 1.64 bits per heavy atom. The van der Waals surface area contributed by atoms with Gasteiger partial charge in [-0.25, -0.2) is 4.39 Å². The van der Waals surface area contributed by atoms with Gasteiger partial charge in [-0.15, -0.1) is 0 Å². The van der Waals surface area contributed by atoms with Gasteiger partial charge in [0.25, 0.3) is 11.8 Å². The van der Waals surface area contributed by atoms with Crippen molar-refractivity contribution in [2.24, 2.45) is 0 Å². The molecule has 3 rings (SSSR count). The summed E-state index contributed by atoms with van der Waals surface area (Å²) >= 11 is 0. The van der Waals surface area contributed by atoms with Crippen LogP contribution in [-0.2, 0) is 4.79 Å². The molecule has 0 aliphatic heterocycles. The highest BCUT2D eigenvalue weighted by Gasteiger charge is 2.08. The zero-order chi connectivity index (χ0) is 19.9. The summed E-state index contributed by atoms with van der Waals surface area (Å²) in [4.78, 5) is 24.2. The number of anilines is 2. The third kappa shape index (κ3) is 5.17. The molecule has 0 spiro atoms. The van der Waals surface area contributed by atoms with E-state index >= 15 is 0 Å². The van der Waals surface area contributed by atoms with Gasteiger partial charge >= 0.3 is 0 Å². The van der Waals surface area contributed by atoms with E-state index < -0.39 is 5.91 Å². The molecule has 5 nitrogen and oxygen atoms in total. The molecule has 0 heterocycles. The molecule has 0 aromatic heterocycles. The first-order chi connectivity index (χ1) is 13.5. The van der Waals surface area contributed by atoms with Crippen LogP contribution in [-0.4, -0.2) is 18.4 Å². The fourth-order valence-corrected chi connectivity index (χ4v) is 2.47. The Bertz CT molecular complexity index is 990. The zero-order valence-electron chi connectivity index (χ0n) is 15.2. The Kier molecular flexibility index (Phi) is 6.01. The maximum atomic E-state index is 13.5. The summed E-state index contributed by atoms with van der Waals surface area (Å²) in [7, 11) is 0. The van der Waals surface area contributed by atoms with Crippen LogP contribution in [0.15, 0.2) is 72.8 Å². The topological polar surface area (TPSA) is 67.4 Å². The van der Waals surface area contributed by atoms with Gasteiger partial charge in [0.05, 0.1) is 0 Å². The maximum absolute atomic E-state index is 13.5. The van der Waals surface area contributed by atoms with Crippen LogP contribution in [0.25, 0.3) is 0 Å². The molecule has 2 N–H and O–H groups in total. The van der Waals surface area contributed by atoms with Gasteiger partial charge in [0.15, 0.2) is 6.61 Å². The molecule has 0 atom stereocenters. The molecule has 2 amide bonds. The lowest BCUT2D eigenvalue weighted by atomic mass is 10.2. The van der Waals surface area contributed by atoms with Crippen molar-refractivity contribution < 1.29 is 18.7 Å². The molecule has 0 fully saturated rings. The van der Waals surface area contributed by atoms with E-state index in [1.165, 1.54) is 6.07 Å². The molecule has 0 saturated carbocycles. The smallest absolute Gasteiger partial charge is 0.262 e. The summed E-state index contributed by atoms with van der Waals surface area (Å²) < 4.78 is 19.0. The SMILES string of the molecule is Cc1ccc(NC(=O)COc2cccc(NC(=O)c3ccccc3)c2)cc1F. The summed E-state index contributed by atoms with van der Waals surface area (Å²) in [5, 5.41) is 5.35. The molecule has 0 aliphatic rings. The number of carbonyl (C=O) groups excluding carboxylic acids is 2. The summed E-state index contributed by atoms with van der Waals surface area (Å²) in [6.07, 6.45) is 0. The average molecular weight is 378 g/mol. The van der Waals surface area contributed by atoms with Gasteiger partial charge < -0.3 is 15.4 Å². The van der Waals surface area contributed by atoms with Crippen molar-refractivity contribution in [3.05, 3.63) is 89.7 Å². The largest absolute Gasteiger partial charge is 0.484 e. The van der Waals surface area contributed by atoms with E-state index in [2.05, 4.69) is 10.6 Å². The molecule has 0 unspecified atom stereocenters. The molecule has 6 heteroatoms. The van der Waals surface area contributed by atoms with E-state index in [1.54, 1.807) is 67.6 Å². The van der Waals surface area contributed by atoms with Crippen LogP contribution in [0.4, 0.5) is 15.8 Å². The lowest BCUT2D eigenvalue weighted by molar-refractivity contribution is -0.118. The van der Waals surface area contributed by atoms with Gasteiger partial charge in [-0.1, -0.05) is 30.3 Å². The van der Waals surface area contributed by atoms with Gasteiger partial charge in [-0.05, 0) is 48.9 Å². The first kappa shape index (κ1) is 19.1. The van der Waals surface area contributed by atoms with Crippen molar-refractivity contribution in [2.45, 2.75) is 6.92 Å². The number of nitrogens with one attached hydrogen (secondary N) is 2. The van der Waals surface area contributed by atoms with Crippen molar-refractivity contribution in [3.8, 4) is 5.75 Å². The van der Waals surface area contributed by atoms with Crippen molar-refractivity contribution in [2.75, 3.05) is 17.2 Å². The summed E-state index contributed by atoms with van der Waals surface area (Å²) in [6, 6.07) is 20.0. The normalized spacial score (nSPS) is 10.2. The molecule has 142 valence electrons. The predicted molar refractivity (Wildman–Crippen MR) is 106 cm³/mol. The molecule has 0 bridgehead atoms. The number of ether oxygens (including phenoxy) is 1. The molecule has 0 aliphatic carbocycles. The van der Waals surface area contributed by atoms with Gasteiger partial charge in [-0.3, -0.25) is 9.59 Å². The van der Waals surface area contributed by atoms with Crippen molar-refractivity contribution >= 4 is 23.2 Å². The molecule has 3 aromatic rings. The van der Waals surface area contributed by atoms with Crippen LogP contribution >= 0.6 is 0 Å². The quantitative estimate of drug-likeness (QED) is 0.668. The fourth-order valence-electron chi connectivity index (χ4n) is 2.47. The predicted octanol–water partition coefficient (Wildman–Crippen LogP) is 4.40. The third-order valence-corrected chi connectivity index (χ3v) is 3.95. The van der Waals surface area contributed by atoms with E-state index in [1.807, 2.05) is 6.07 Å². The standard InChI is InChI=1S/C22H19FN2O3/c1-15-10-11-18(13-20(15)23)24-21(26)14-28-19-9-5-8-17(12-19)25-22(27)16-6-3-2-4-7-16/h2-13H,14H2,1H3,(H,24,26)(H,25,27). The summed E-state index contributed by atoms with van der Waals surface area (Å²) in [5.74, 6) is -0.615. The minimum absolute atomic E-state index is 0.239. The summed E-state index contributed by atoms with van der Waals surface area (Å²) in [5.41, 5.74) is 1.95. The van der Waals surface area contributed by atoms with Crippen LogP contribution < -0.4 is 15.4 Å². The van der Waals surface area contributed by atoms with E-state index in [9.17, 15) is 14.0 Å². The second kappa shape index (κ2) is 8.81. The highest BCUT2D eigenvalue weighted by molar-refractivity contribution is 6.04. The van der Waals surface area contributed by atoms with Crippen molar-refractivity contribution in [1.29, 1.82) is 0 Å². The van der Waals surface area contributed by atoms with Gasteiger partial charge in [-0.2, -0.15) is 0 Å². The van der Waals surface area contributed by atoms with E-state index in [0.29, 0.717) is 28.3 Å². The molecule has 0 saturated heterocycles. The minimum atomic E-state index is -0.415. The Balaban J connectivity index is 1.56. The molecule has 3 aromatic carbocycles. The fraction of sp³-hybridized carbons (Fsp3) is 0.0909. The number of benzene rings is 3. The number of aryl methyl sites for hydroxylation is 1. The minimum Gasteiger partial charge on any atom is -0.484 e. The number of hydrogen-bond donors (Lipinski definition) is 2. The molecule has 0 radical (unpaired) electrons. The molecular weight excluding hydrogens is 359 g/mol. The Labute approximate surface area is 162 Å². The second-order valence-corrected chi connectivity index (χ2v) is 6.15. The zero-order valence-corrected chi connectivity index (χ0v) is 15.2. The Morgan fingerprint density at radius 1 is 0.893 bits per heavy atom. The molecular formula is C22H19FN2O3. The maximum Gasteiger partial charge on any atom is 0.262 e. The van der Waals surface area contributed by atoms with Crippen LogP contribution in [0.2, 0.25) is 0 Å². The number of hydrogen-bond acceptors (Lipinski definition) is 3. The van der Waals surface area contributed by atoms with Crippen LogP contribution in [0, 0.1) is 12.7 Å². The van der Waals surface area contributed by atoms with Crippen LogP contribution in [0.5, 0.6) is 5.75 Å². The van der Waals surface area contributed by atoms with Gasteiger partial charge in [0.2, 0.25) is 0 Å². The van der Waals surface area contributed by atoms with Crippen molar-refractivity contribution in [3.63, 3.8) is 0 Å². The third-order valence-electron chi connectivity index (χ3n) is 3.95. The average Bonchev–Trinajstić information content (AvgIpc) is 2.70. The lowest BCUT2D eigenvalue weighted by Crippen LogP contribution is -2.20. The highest BCUT2D eigenvalue weighted by Crippen LogP contribution is 2.18. The van der Waals surface area contributed by atoms with E-state index in [4.69, 9.17) is 4.74 Å². The second-order valence-electron chi connectivity index (χ2n) is 6.15. The highest BCUT2D eigenvalue weighted by atomic mass is 19.1. The molecule has 28 heavy (non-hydrogen) atoms. The number of amides is 2. The Hall–Kier alpha value is -3.67. The first-order valence-corrected chi connectivity index (χ1v) is 8.66. The van der Waals surface area contributed by atoms with E-state index in [-0.39, 0.29) is 18.3 Å². The van der Waals surface area contributed by atoms with E-state index in [0.717, 1.165) is 0 Å². The number of rotatable bonds is 6. The van der Waals surface area contributed by atoms with Crippen LogP contribution in [0.3, 0.4) is 0 Å². The number of carbonyl (C=O) groups is 2. The first-order valence-electron chi connectivity index (χ1n) is 8.66. The van der Waals surface area contributed by atoms with Gasteiger partial charge in [0, 0.05) is 23.0 Å². The summed E-state index contributed by atoms with van der Waals surface area (Å²) in [6.45, 7) is 1.40. The van der Waals surface area contributed by atoms with Gasteiger partial charge in [0.1, 0.15) is 11.6 Å². The van der Waals surface area contributed by atoms with Crippen molar-refractivity contribution in [1.82, 2.24) is 0 Å².